The van der Waals surface area contributed by atoms with E-state index in [1.54, 1.807) is 6.92 Å². The Hall–Kier alpha value is -1.39. The SMILES string of the molecule is CCCCNC(=O)C1CC(C(=O)CC)=NN1. The van der Waals surface area contributed by atoms with E-state index in [0.29, 0.717) is 25.1 Å². The second-order valence-corrected chi connectivity index (χ2v) is 3.87. The van der Waals surface area contributed by atoms with E-state index in [1.807, 2.05) is 0 Å². The second kappa shape index (κ2) is 6.25. The van der Waals surface area contributed by atoms with Crippen LogP contribution in [-0.2, 0) is 9.59 Å². The minimum absolute atomic E-state index is 0.0105. The number of amides is 1. The van der Waals surface area contributed by atoms with E-state index >= 15 is 0 Å². The number of hydrogen-bond donors (Lipinski definition) is 2. The lowest BCUT2D eigenvalue weighted by molar-refractivity contribution is -0.122. The van der Waals surface area contributed by atoms with E-state index in [-0.39, 0.29) is 17.7 Å². The van der Waals surface area contributed by atoms with Crippen molar-refractivity contribution in [2.45, 2.75) is 45.6 Å². The Morgan fingerprint density at radius 3 is 2.88 bits per heavy atom. The molecule has 1 rings (SSSR count). The van der Waals surface area contributed by atoms with E-state index in [4.69, 9.17) is 0 Å². The number of nitrogens with zero attached hydrogens (tertiary/aromatic N) is 1. The van der Waals surface area contributed by atoms with Crippen LogP contribution in [0.4, 0.5) is 0 Å². The summed E-state index contributed by atoms with van der Waals surface area (Å²) in [6, 6.07) is -0.373. The second-order valence-electron chi connectivity index (χ2n) is 3.87. The zero-order valence-corrected chi connectivity index (χ0v) is 9.88. The lowest BCUT2D eigenvalue weighted by Gasteiger charge is -2.09. The maximum Gasteiger partial charge on any atom is 0.244 e. The Bertz CT molecular complexity index is 300. The van der Waals surface area contributed by atoms with Gasteiger partial charge in [0, 0.05) is 19.4 Å². The van der Waals surface area contributed by atoms with Crippen LogP contribution in [0.5, 0.6) is 0 Å². The summed E-state index contributed by atoms with van der Waals surface area (Å²) < 4.78 is 0. The molecule has 0 aromatic rings. The third-order valence-corrected chi connectivity index (χ3v) is 2.54. The van der Waals surface area contributed by atoms with Crippen molar-refractivity contribution in [3.63, 3.8) is 0 Å². The third kappa shape index (κ3) is 3.32. The van der Waals surface area contributed by atoms with Crippen molar-refractivity contribution in [1.82, 2.24) is 10.7 Å². The summed E-state index contributed by atoms with van der Waals surface area (Å²) >= 11 is 0. The summed E-state index contributed by atoms with van der Waals surface area (Å²) in [6.45, 7) is 4.55. The van der Waals surface area contributed by atoms with Crippen LogP contribution in [0.15, 0.2) is 5.10 Å². The van der Waals surface area contributed by atoms with Crippen molar-refractivity contribution >= 4 is 17.4 Å². The summed E-state index contributed by atoms with van der Waals surface area (Å²) in [4.78, 5) is 23.0. The molecule has 0 aromatic carbocycles. The van der Waals surface area contributed by atoms with Crippen LogP contribution in [0.2, 0.25) is 0 Å². The Morgan fingerprint density at radius 1 is 1.50 bits per heavy atom. The predicted molar refractivity (Wildman–Crippen MR) is 62.2 cm³/mol. The standard InChI is InChI=1S/C11H19N3O2/c1-3-5-6-12-11(16)9-7-8(13-14-9)10(15)4-2/h9,14H,3-7H2,1-2H3,(H,12,16). The van der Waals surface area contributed by atoms with Gasteiger partial charge < -0.3 is 5.32 Å². The smallest absolute Gasteiger partial charge is 0.244 e. The third-order valence-electron chi connectivity index (χ3n) is 2.54. The van der Waals surface area contributed by atoms with Crippen LogP contribution in [0, 0.1) is 0 Å². The van der Waals surface area contributed by atoms with E-state index in [0.717, 1.165) is 12.8 Å². The van der Waals surface area contributed by atoms with Gasteiger partial charge >= 0.3 is 0 Å². The first-order chi connectivity index (χ1) is 7.69. The number of nitrogens with one attached hydrogen (secondary N) is 2. The molecule has 1 aliphatic heterocycles. The Morgan fingerprint density at radius 2 is 2.25 bits per heavy atom. The summed E-state index contributed by atoms with van der Waals surface area (Å²) in [7, 11) is 0. The minimum Gasteiger partial charge on any atom is -0.354 e. The highest BCUT2D eigenvalue weighted by Crippen LogP contribution is 2.06. The summed E-state index contributed by atoms with van der Waals surface area (Å²) in [5.41, 5.74) is 3.19. The van der Waals surface area contributed by atoms with Gasteiger partial charge in [-0.3, -0.25) is 15.0 Å². The topological polar surface area (TPSA) is 70.6 Å². The quantitative estimate of drug-likeness (QED) is 0.650. The maximum absolute atomic E-state index is 11.6. The van der Waals surface area contributed by atoms with E-state index in [9.17, 15) is 9.59 Å². The molecule has 1 heterocycles. The Labute approximate surface area is 95.7 Å². The van der Waals surface area contributed by atoms with Crippen LogP contribution < -0.4 is 10.7 Å². The average molecular weight is 225 g/mol. The molecule has 5 nitrogen and oxygen atoms in total. The molecule has 1 aliphatic rings. The molecular formula is C11H19N3O2. The van der Waals surface area contributed by atoms with Gasteiger partial charge in [-0.05, 0) is 6.42 Å². The maximum atomic E-state index is 11.6. The molecular weight excluding hydrogens is 206 g/mol. The monoisotopic (exact) mass is 225 g/mol. The first-order valence-electron chi connectivity index (χ1n) is 5.82. The molecule has 0 spiro atoms. The molecule has 1 amide bonds. The molecule has 2 N–H and O–H groups in total. The van der Waals surface area contributed by atoms with Crippen molar-refractivity contribution in [3.8, 4) is 0 Å². The molecule has 16 heavy (non-hydrogen) atoms. The Balaban J connectivity index is 2.32. The molecule has 0 aliphatic carbocycles. The van der Waals surface area contributed by atoms with Crippen LogP contribution in [0.25, 0.3) is 0 Å². The van der Waals surface area contributed by atoms with Gasteiger partial charge in [-0.15, -0.1) is 0 Å². The van der Waals surface area contributed by atoms with Crippen LogP contribution in [0.1, 0.15) is 39.5 Å². The highest BCUT2D eigenvalue weighted by Gasteiger charge is 2.27. The largest absolute Gasteiger partial charge is 0.354 e. The molecule has 5 heteroatoms. The van der Waals surface area contributed by atoms with Gasteiger partial charge in [-0.25, -0.2) is 0 Å². The average Bonchev–Trinajstić information content (AvgIpc) is 2.77. The molecule has 0 radical (unpaired) electrons. The first kappa shape index (κ1) is 12.7. The minimum atomic E-state index is -0.373. The number of hydrogen-bond acceptors (Lipinski definition) is 4. The predicted octanol–water partition coefficient (Wildman–Crippen LogP) is 0.600. The number of rotatable bonds is 6. The van der Waals surface area contributed by atoms with Gasteiger partial charge in [0.25, 0.3) is 0 Å². The number of unbranched alkanes of at least 4 members (excludes halogenated alkanes) is 1. The molecule has 0 saturated carbocycles. The molecule has 1 unspecified atom stereocenters. The lowest BCUT2D eigenvalue weighted by Crippen LogP contribution is -2.40. The van der Waals surface area contributed by atoms with Crippen LogP contribution in [-0.4, -0.2) is 30.0 Å². The fourth-order valence-corrected chi connectivity index (χ4v) is 1.48. The lowest BCUT2D eigenvalue weighted by atomic mass is 10.1. The van der Waals surface area contributed by atoms with Gasteiger partial charge in [0.15, 0.2) is 5.78 Å². The van der Waals surface area contributed by atoms with Crippen molar-refractivity contribution in [2.75, 3.05) is 6.54 Å². The summed E-state index contributed by atoms with van der Waals surface area (Å²) in [6.07, 6.45) is 2.86. The number of ketones is 1. The number of carbonyl (C=O) groups is 2. The number of hydrazone groups is 1. The van der Waals surface area contributed by atoms with Gasteiger partial charge in [-0.1, -0.05) is 20.3 Å². The Kier molecular flexibility index (Phi) is 4.95. The highest BCUT2D eigenvalue weighted by molar-refractivity contribution is 6.40. The fraction of sp³-hybridized carbons (Fsp3) is 0.727. The van der Waals surface area contributed by atoms with Crippen LogP contribution in [0.3, 0.4) is 0 Å². The molecule has 0 bridgehead atoms. The van der Waals surface area contributed by atoms with Crippen molar-refractivity contribution in [1.29, 1.82) is 0 Å². The van der Waals surface area contributed by atoms with Crippen molar-refractivity contribution < 1.29 is 9.59 Å². The zero-order chi connectivity index (χ0) is 12.0. The zero-order valence-electron chi connectivity index (χ0n) is 9.88. The summed E-state index contributed by atoms with van der Waals surface area (Å²) in [5.74, 6) is -0.0625. The van der Waals surface area contributed by atoms with Gasteiger partial charge in [0.2, 0.25) is 5.91 Å². The van der Waals surface area contributed by atoms with Crippen molar-refractivity contribution in [3.05, 3.63) is 0 Å². The number of carbonyl (C=O) groups excluding carboxylic acids is 2. The molecule has 90 valence electrons. The molecule has 1 atom stereocenters. The van der Waals surface area contributed by atoms with E-state index in [2.05, 4.69) is 22.8 Å². The van der Waals surface area contributed by atoms with Gasteiger partial charge in [-0.2, -0.15) is 5.10 Å². The fourth-order valence-electron chi connectivity index (χ4n) is 1.48. The first-order valence-corrected chi connectivity index (χ1v) is 5.82. The van der Waals surface area contributed by atoms with E-state index in [1.165, 1.54) is 0 Å². The highest BCUT2D eigenvalue weighted by atomic mass is 16.2. The van der Waals surface area contributed by atoms with Gasteiger partial charge in [0.05, 0.1) is 0 Å². The van der Waals surface area contributed by atoms with E-state index < -0.39 is 0 Å². The molecule has 0 aromatic heterocycles. The normalized spacial score (nSPS) is 18.9. The van der Waals surface area contributed by atoms with Crippen molar-refractivity contribution in [2.24, 2.45) is 5.10 Å². The molecule has 0 fully saturated rings. The van der Waals surface area contributed by atoms with Crippen LogP contribution >= 0.6 is 0 Å². The summed E-state index contributed by atoms with van der Waals surface area (Å²) in [5, 5.41) is 6.71. The van der Waals surface area contributed by atoms with Gasteiger partial charge in [0.1, 0.15) is 11.8 Å². The number of Topliss-reactive ketones (excluding diaryl/α,β-unsaturated/α-hetero) is 1. The molecule has 0 saturated heterocycles.